The largest absolute Gasteiger partial charge is 0.379 e. The molecule has 113 valence electrons. The Bertz CT molecular complexity index is 934. The van der Waals surface area contributed by atoms with E-state index in [9.17, 15) is 0 Å². The van der Waals surface area contributed by atoms with Crippen LogP contribution in [0.2, 0.25) is 0 Å². The normalized spacial score (nSPS) is 9.44. The Labute approximate surface area is 224 Å². The summed E-state index contributed by atoms with van der Waals surface area (Å²) in [6, 6.07) is 37.6. The molecular formula is C22H12Y3-4. The third kappa shape index (κ3) is 5.71. The molecule has 0 aliphatic rings. The molecule has 0 spiro atoms. The summed E-state index contributed by atoms with van der Waals surface area (Å²) in [6.45, 7) is 0. The maximum Gasteiger partial charge on any atom is 0 e. The molecule has 4 aromatic carbocycles. The minimum Gasteiger partial charge on any atom is -0.379 e. The molecule has 0 unspecified atom stereocenters. The number of benzene rings is 4. The summed E-state index contributed by atoms with van der Waals surface area (Å²) < 4.78 is 0. The first-order chi connectivity index (χ1) is 10.9. The van der Waals surface area contributed by atoms with Crippen LogP contribution in [0.4, 0.5) is 0 Å². The van der Waals surface area contributed by atoms with Gasteiger partial charge < -0.3 is 23.3 Å². The standard InChI is InChI=1S/C22H12.3Y/c1-2-7-17(8-3-1)20-11-6-12-21(15-20)22-14-13-18-9-4-5-10-19(18)16-22;;;/h1-7,9-11,13,16H;;;/q-4;;;. The summed E-state index contributed by atoms with van der Waals surface area (Å²) in [5, 5.41) is 2.40. The predicted molar refractivity (Wildman–Crippen MR) is 90.2 cm³/mol. The van der Waals surface area contributed by atoms with Crippen LogP contribution in [0.1, 0.15) is 0 Å². The topological polar surface area (TPSA) is 0 Å². The Morgan fingerprint density at radius 3 is 2.08 bits per heavy atom. The van der Waals surface area contributed by atoms with E-state index in [1.165, 1.54) is 10.8 Å². The van der Waals surface area contributed by atoms with Crippen molar-refractivity contribution in [3.8, 4) is 22.3 Å². The summed E-state index contributed by atoms with van der Waals surface area (Å²) in [5.74, 6) is 0. The van der Waals surface area contributed by atoms with Gasteiger partial charge in [-0.15, -0.1) is 41.1 Å². The molecule has 0 aliphatic carbocycles. The van der Waals surface area contributed by atoms with Gasteiger partial charge in [0.25, 0.3) is 0 Å². The van der Waals surface area contributed by atoms with Crippen molar-refractivity contribution in [2.24, 2.45) is 0 Å². The molecule has 0 bridgehead atoms. The van der Waals surface area contributed by atoms with E-state index >= 15 is 0 Å². The zero-order valence-corrected chi connectivity index (χ0v) is 22.2. The van der Waals surface area contributed by atoms with E-state index < -0.39 is 0 Å². The Morgan fingerprint density at radius 2 is 1.32 bits per heavy atom. The van der Waals surface area contributed by atoms with E-state index in [1.807, 2.05) is 48.5 Å². The van der Waals surface area contributed by atoms with Gasteiger partial charge >= 0.3 is 0 Å². The summed E-state index contributed by atoms with van der Waals surface area (Å²) in [5.41, 5.74) is 4.01. The molecule has 0 heterocycles. The third-order valence-electron chi connectivity index (χ3n) is 3.68. The Morgan fingerprint density at radius 1 is 0.560 bits per heavy atom. The van der Waals surface area contributed by atoms with E-state index in [0.29, 0.717) is 0 Å². The van der Waals surface area contributed by atoms with Crippen molar-refractivity contribution in [1.82, 2.24) is 0 Å². The van der Waals surface area contributed by atoms with Crippen LogP contribution in [0.25, 0.3) is 33.0 Å². The monoisotopic (exact) mass is 543 g/mol. The van der Waals surface area contributed by atoms with Crippen LogP contribution in [0, 0.1) is 24.3 Å². The number of hydrogen-bond donors (Lipinski definition) is 0. The van der Waals surface area contributed by atoms with Gasteiger partial charge in [-0.2, -0.15) is 11.6 Å². The van der Waals surface area contributed by atoms with Crippen LogP contribution in [-0.2, 0) is 98.1 Å². The van der Waals surface area contributed by atoms with Crippen molar-refractivity contribution in [3.05, 3.63) is 97.1 Å². The van der Waals surface area contributed by atoms with Gasteiger partial charge in [0.2, 0.25) is 0 Å². The van der Waals surface area contributed by atoms with Crippen LogP contribution in [-0.4, -0.2) is 0 Å². The summed E-state index contributed by atoms with van der Waals surface area (Å²) in [7, 11) is 0. The molecule has 3 heteroatoms. The Hall–Kier alpha value is 0.452. The fourth-order valence-electron chi connectivity index (χ4n) is 2.55. The van der Waals surface area contributed by atoms with Crippen molar-refractivity contribution in [2.45, 2.75) is 0 Å². The van der Waals surface area contributed by atoms with E-state index in [2.05, 4.69) is 48.5 Å². The van der Waals surface area contributed by atoms with Crippen LogP contribution < -0.4 is 0 Å². The molecule has 4 aromatic rings. The van der Waals surface area contributed by atoms with E-state index in [1.54, 1.807) is 0 Å². The molecule has 0 aliphatic heterocycles. The quantitative estimate of drug-likeness (QED) is 0.299. The smallest absolute Gasteiger partial charge is 0 e. The van der Waals surface area contributed by atoms with Crippen molar-refractivity contribution in [1.29, 1.82) is 0 Å². The molecule has 3 radical (unpaired) electrons. The van der Waals surface area contributed by atoms with Gasteiger partial charge in [-0.25, -0.2) is 12.1 Å². The first-order valence-corrected chi connectivity index (χ1v) is 7.22. The fraction of sp³-hybridized carbons (Fsp3) is 0. The van der Waals surface area contributed by atoms with Crippen LogP contribution >= 0.6 is 0 Å². The predicted octanol–water partition coefficient (Wildman–Crippen LogP) is 5.37. The maximum atomic E-state index is 3.42. The summed E-state index contributed by atoms with van der Waals surface area (Å²) >= 11 is 0. The second kappa shape index (κ2) is 11.3. The van der Waals surface area contributed by atoms with Crippen LogP contribution in [0.15, 0.2) is 72.8 Å². The molecular weight excluding hydrogens is 531 g/mol. The van der Waals surface area contributed by atoms with Gasteiger partial charge in [-0.1, -0.05) is 24.3 Å². The molecule has 0 saturated heterocycles. The average molecular weight is 543 g/mol. The second-order valence-electron chi connectivity index (χ2n) is 5.14. The molecule has 0 nitrogen and oxygen atoms in total. The van der Waals surface area contributed by atoms with Crippen molar-refractivity contribution in [2.75, 3.05) is 0 Å². The van der Waals surface area contributed by atoms with Crippen molar-refractivity contribution >= 4 is 10.8 Å². The van der Waals surface area contributed by atoms with Crippen LogP contribution in [0.5, 0.6) is 0 Å². The summed E-state index contributed by atoms with van der Waals surface area (Å²) in [4.78, 5) is 0. The number of rotatable bonds is 2. The molecule has 0 amide bonds. The fourth-order valence-corrected chi connectivity index (χ4v) is 2.55. The van der Waals surface area contributed by atoms with Gasteiger partial charge in [0.1, 0.15) is 0 Å². The molecule has 0 atom stereocenters. The van der Waals surface area contributed by atoms with Gasteiger partial charge in [0.15, 0.2) is 0 Å². The first kappa shape index (κ1) is 23.5. The van der Waals surface area contributed by atoms with Gasteiger partial charge in [-0.05, 0) is 0 Å². The first-order valence-electron chi connectivity index (χ1n) is 7.22. The zero-order valence-electron chi connectivity index (χ0n) is 13.7. The minimum atomic E-state index is 0. The summed E-state index contributed by atoms with van der Waals surface area (Å²) in [6.07, 6.45) is 0. The Kier molecular flexibility index (Phi) is 10.6. The second-order valence-corrected chi connectivity index (χ2v) is 5.14. The SMILES string of the molecule is [Y].[Y].[Y].[c-]1ccc(-c2[c-]cccc2)[c-]c1-c1[c-]cc2ccccc2c1. The number of hydrogen-bond acceptors (Lipinski definition) is 0. The van der Waals surface area contributed by atoms with Gasteiger partial charge in [-0.3, -0.25) is 17.7 Å². The molecule has 0 saturated carbocycles. The minimum absolute atomic E-state index is 0. The van der Waals surface area contributed by atoms with Crippen molar-refractivity contribution in [3.63, 3.8) is 0 Å². The molecule has 25 heavy (non-hydrogen) atoms. The van der Waals surface area contributed by atoms with Gasteiger partial charge in [0, 0.05) is 98.1 Å². The molecule has 0 fully saturated rings. The van der Waals surface area contributed by atoms with Gasteiger partial charge in [0.05, 0.1) is 0 Å². The maximum absolute atomic E-state index is 3.42. The number of fused-ring (bicyclic) bond motifs is 1. The Balaban J connectivity index is 0.00000104. The molecule has 4 rings (SSSR count). The average Bonchev–Trinajstić information content (AvgIpc) is 2.62. The third-order valence-corrected chi connectivity index (χ3v) is 3.68. The van der Waals surface area contributed by atoms with Crippen molar-refractivity contribution < 1.29 is 98.1 Å². The molecule has 0 aromatic heterocycles. The van der Waals surface area contributed by atoms with Crippen LogP contribution in [0.3, 0.4) is 0 Å². The van der Waals surface area contributed by atoms with E-state index in [-0.39, 0.29) is 98.1 Å². The van der Waals surface area contributed by atoms with E-state index in [0.717, 1.165) is 22.3 Å². The van der Waals surface area contributed by atoms with E-state index in [4.69, 9.17) is 0 Å². The zero-order chi connectivity index (χ0) is 14.8. The molecule has 0 N–H and O–H groups in total.